The number of hydrogen-bond acceptors (Lipinski definition) is 6. The zero-order valence-electron chi connectivity index (χ0n) is 16.5. The monoisotopic (exact) mass is 398 g/mol. The number of hydrogen-bond donors (Lipinski definition) is 1. The van der Waals surface area contributed by atoms with Crippen molar-refractivity contribution in [3.8, 4) is 11.5 Å². The van der Waals surface area contributed by atoms with Crippen LogP contribution in [0.4, 0.5) is 0 Å². The summed E-state index contributed by atoms with van der Waals surface area (Å²) in [7, 11) is 3.09. The number of methoxy groups -OCH3 is 2. The molecular weight excluding hydrogens is 376 g/mol. The molecule has 3 aromatic rings. The smallest absolute Gasteiger partial charge is 0.289 e. The highest BCUT2D eigenvalue weighted by atomic mass is 16.5. The molecule has 2 amide bonds. The molecule has 0 bridgehead atoms. The fourth-order valence-corrected chi connectivity index (χ4v) is 3.69. The Morgan fingerprint density at radius 1 is 1.17 bits per heavy atom. The van der Waals surface area contributed by atoms with Gasteiger partial charge in [-0.15, -0.1) is 0 Å². The van der Waals surface area contributed by atoms with Crippen molar-refractivity contribution >= 4 is 22.8 Å². The van der Waals surface area contributed by atoms with Crippen molar-refractivity contribution in [1.29, 1.82) is 0 Å². The molecule has 0 fully saturated rings. The predicted molar refractivity (Wildman–Crippen MR) is 104 cm³/mol. The highest BCUT2D eigenvalue weighted by molar-refractivity contribution is 6.01. The summed E-state index contributed by atoms with van der Waals surface area (Å²) >= 11 is 0. The third kappa shape index (κ3) is 3.08. The van der Waals surface area contributed by atoms with E-state index in [0.717, 1.165) is 16.8 Å². The zero-order chi connectivity index (χ0) is 20.7. The molecule has 2 N–H and O–H groups in total. The summed E-state index contributed by atoms with van der Waals surface area (Å²) in [5.74, 6) is 1.27. The van der Waals surface area contributed by atoms with Gasteiger partial charge in [0.25, 0.3) is 11.8 Å². The Morgan fingerprint density at radius 3 is 2.66 bits per heavy atom. The van der Waals surface area contributed by atoms with Crippen molar-refractivity contribution in [3.05, 3.63) is 41.2 Å². The molecule has 152 valence electrons. The summed E-state index contributed by atoms with van der Waals surface area (Å²) in [5, 5.41) is 0.805. The lowest BCUT2D eigenvalue weighted by Crippen LogP contribution is -2.33. The van der Waals surface area contributed by atoms with E-state index in [4.69, 9.17) is 19.6 Å². The van der Waals surface area contributed by atoms with Crippen LogP contribution in [0.5, 0.6) is 11.5 Å². The number of amides is 2. The van der Waals surface area contributed by atoms with Crippen molar-refractivity contribution in [3.63, 3.8) is 0 Å². The van der Waals surface area contributed by atoms with Crippen LogP contribution in [0.15, 0.2) is 22.7 Å². The predicted octanol–water partition coefficient (Wildman–Crippen LogP) is 1.75. The van der Waals surface area contributed by atoms with E-state index >= 15 is 0 Å². The summed E-state index contributed by atoms with van der Waals surface area (Å²) in [6, 6.07) is 3.65. The number of nitrogens with two attached hydrogens (primary N) is 1. The van der Waals surface area contributed by atoms with Crippen molar-refractivity contribution in [2.24, 2.45) is 5.73 Å². The number of benzene rings is 1. The van der Waals surface area contributed by atoms with Crippen LogP contribution in [-0.2, 0) is 13.0 Å². The minimum atomic E-state index is -0.555. The first-order valence-electron chi connectivity index (χ1n) is 9.23. The molecule has 29 heavy (non-hydrogen) atoms. The molecule has 4 rings (SSSR count). The van der Waals surface area contributed by atoms with Gasteiger partial charge in [-0.1, -0.05) is 0 Å². The highest BCUT2D eigenvalue weighted by Gasteiger charge is 2.27. The van der Waals surface area contributed by atoms with E-state index in [0.29, 0.717) is 43.1 Å². The lowest BCUT2D eigenvalue weighted by Gasteiger charge is -2.19. The number of nitrogens with zero attached hydrogens (tertiary/aromatic N) is 3. The highest BCUT2D eigenvalue weighted by Crippen LogP contribution is 2.39. The minimum absolute atomic E-state index is 0.194. The van der Waals surface area contributed by atoms with Crippen molar-refractivity contribution in [2.75, 3.05) is 27.3 Å². The number of aryl methyl sites for hydroxylation is 1. The number of fused-ring (bicyclic) bond motifs is 2. The van der Waals surface area contributed by atoms with Crippen LogP contribution >= 0.6 is 0 Å². The van der Waals surface area contributed by atoms with Crippen LogP contribution < -0.4 is 15.2 Å². The zero-order valence-corrected chi connectivity index (χ0v) is 16.5. The topological polar surface area (TPSA) is 113 Å². The van der Waals surface area contributed by atoms with Crippen LogP contribution in [0.1, 0.15) is 32.4 Å². The maximum Gasteiger partial charge on any atom is 0.289 e. The van der Waals surface area contributed by atoms with E-state index in [1.807, 2.05) is 17.6 Å². The van der Waals surface area contributed by atoms with E-state index in [2.05, 4.69) is 4.98 Å². The Hall–Kier alpha value is -3.49. The Morgan fingerprint density at radius 2 is 1.97 bits per heavy atom. The number of furan rings is 1. The van der Waals surface area contributed by atoms with Crippen LogP contribution in [0.3, 0.4) is 0 Å². The maximum absolute atomic E-state index is 13.2. The number of ether oxygens (including phenoxy) is 2. The molecule has 9 heteroatoms. The lowest BCUT2D eigenvalue weighted by atomic mass is 10.1. The van der Waals surface area contributed by atoms with Gasteiger partial charge >= 0.3 is 0 Å². The van der Waals surface area contributed by atoms with Gasteiger partial charge in [-0.25, -0.2) is 4.98 Å². The molecular formula is C20H22N4O5. The number of aromatic nitrogens is 2. The number of carbonyl (C=O) groups is 2. The van der Waals surface area contributed by atoms with Crippen LogP contribution in [0.2, 0.25) is 0 Å². The van der Waals surface area contributed by atoms with Gasteiger partial charge in [-0.05, 0) is 19.1 Å². The SMILES string of the molecule is COc1ccc2c(C)c(C(=O)N3CCc4nc(C(N)=O)cn4CC3)oc2c1OC. The van der Waals surface area contributed by atoms with E-state index in [9.17, 15) is 9.59 Å². The third-order valence-electron chi connectivity index (χ3n) is 5.26. The second-order valence-corrected chi connectivity index (χ2v) is 6.88. The van der Waals surface area contributed by atoms with Crippen molar-refractivity contribution in [2.45, 2.75) is 19.9 Å². The fourth-order valence-electron chi connectivity index (χ4n) is 3.69. The van der Waals surface area contributed by atoms with Crippen LogP contribution in [-0.4, -0.2) is 53.6 Å². The van der Waals surface area contributed by atoms with E-state index in [1.54, 1.807) is 24.3 Å². The van der Waals surface area contributed by atoms with Gasteiger partial charge in [0.15, 0.2) is 17.1 Å². The van der Waals surface area contributed by atoms with E-state index < -0.39 is 5.91 Å². The van der Waals surface area contributed by atoms with Crippen molar-refractivity contribution < 1.29 is 23.5 Å². The molecule has 0 saturated heterocycles. The summed E-state index contributed by atoms with van der Waals surface area (Å²) in [5.41, 5.74) is 6.79. The molecule has 1 aliphatic rings. The molecule has 0 atom stereocenters. The Bertz CT molecular complexity index is 1090. The largest absolute Gasteiger partial charge is 0.493 e. The molecule has 3 heterocycles. The van der Waals surface area contributed by atoms with Gasteiger partial charge in [0, 0.05) is 43.2 Å². The average Bonchev–Trinajstić information content (AvgIpc) is 3.22. The van der Waals surface area contributed by atoms with E-state index in [-0.39, 0.29) is 17.4 Å². The van der Waals surface area contributed by atoms with Gasteiger partial charge in [0.1, 0.15) is 11.5 Å². The molecule has 0 unspecified atom stereocenters. The molecule has 1 aliphatic heterocycles. The average molecular weight is 398 g/mol. The summed E-state index contributed by atoms with van der Waals surface area (Å²) in [6.07, 6.45) is 2.16. The molecule has 0 radical (unpaired) electrons. The Balaban J connectivity index is 1.63. The first-order valence-corrected chi connectivity index (χ1v) is 9.23. The number of rotatable bonds is 4. The second kappa shape index (κ2) is 7.16. The second-order valence-electron chi connectivity index (χ2n) is 6.88. The van der Waals surface area contributed by atoms with Gasteiger partial charge in [0.05, 0.1) is 14.2 Å². The molecule has 0 aliphatic carbocycles. The summed E-state index contributed by atoms with van der Waals surface area (Å²) < 4.78 is 18.6. The lowest BCUT2D eigenvalue weighted by molar-refractivity contribution is 0.0728. The Labute approximate surface area is 167 Å². The summed E-state index contributed by atoms with van der Waals surface area (Å²) in [6.45, 7) is 3.31. The Kier molecular flexibility index (Phi) is 4.65. The minimum Gasteiger partial charge on any atom is -0.493 e. The van der Waals surface area contributed by atoms with Crippen LogP contribution in [0, 0.1) is 6.92 Å². The molecule has 0 spiro atoms. The molecule has 9 nitrogen and oxygen atoms in total. The normalized spacial score (nSPS) is 13.8. The van der Waals surface area contributed by atoms with Gasteiger partial charge in [-0.2, -0.15) is 0 Å². The number of carbonyl (C=O) groups excluding carboxylic acids is 2. The van der Waals surface area contributed by atoms with Gasteiger partial charge in [0.2, 0.25) is 5.75 Å². The molecule has 2 aromatic heterocycles. The maximum atomic E-state index is 13.2. The van der Waals surface area contributed by atoms with E-state index in [1.165, 1.54) is 7.11 Å². The number of primary amides is 1. The van der Waals surface area contributed by atoms with Gasteiger partial charge in [-0.3, -0.25) is 9.59 Å². The molecule has 1 aromatic carbocycles. The van der Waals surface area contributed by atoms with Crippen LogP contribution in [0.25, 0.3) is 11.0 Å². The molecule has 0 saturated carbocycles. The third-order valence-corrected chi connectivity index (χ3v) is 5.26. The first-order chi connectivity index (χ1) is 13.9. The number of imidazole rings is 1. The standard InChI is InChI=1S/C20H22N4O5/c1-11-12-4-5-14(27-2)18(28-3)17(12)29-16(11)20(26)23-7-6-15-22-13(19(21)25)10-24(15)9-8-23/h4-5,10H,6-9H2,1-3H3,(H2,21,25). The van der Waals surface area contributed by atoms with Crippen molar-refractivity contribution in [1.82, 2.24) is 14.5 Å². The summed E-state index contributed by atoms with van der Waals surface area (Å²) in [4.78, 5) is 30.5. The quantitative estimate of drug-likeness (QED) is 0.716. The first kappa shape index (κ1) is 18.9. The van der Waals surface area contributed by atoms with Gasteiger partial charge < -0.3 is 29.1 Å². The fraction of sp³-hybridized carbons (Fsp3) is 0.350.